The molecule has 1 rings (SSSR count). The van der Waals surface area contributed by atoms with E-state index in [1.807, 2.05) is 19.9 Å². The molecule has 7 heteroatoms. The van der Waals surface area contributed by atoms with Crippen molar-refractivity contribution in [3.63, 3.8) is 0 Å². The average molecular weight is 351 g/mol. The molecule has 0 unspecified atom stereocenters. The number of hydrogen-bond acceptors (Lipinski definition) is 4. The van der Waals surface area contributed by atoms with Crippen LogP contribution in [0.15, 0.2) is 18.3 Å². The Morgan fingerprint density at radius 3 is 2.36 bits per heavy atom. The number of carbonyl (C=O) groups is 1. The van der Waals surface area contributed by atoms with Gasteiger partial charge in [0.05, 0.1) is 5.56 Å². The second kappa shape index (κ2) is 10.6. The topological polar surface area (TPSA) is 71.2 Å². The van der Waals surface area contributed by atoms with E-state index >= 15 is 0 Å². The summed E-state index contributed by atoms with van der Waals surface area (Å²) in [4.78, 5) is 18.5. The van der Waals surface area contributed by atoms with Crippen LogP contribution in [0.3, 0.4) is 0 Å². The number of nitrogens with one attached hydrogen (secondary N) is 1. The number of nitrogens with zero attached hydrogens (tertiary/aromatic N) is 2. The number of carbonyl (C=O) groups excluding carboxylic acids is 1. The maximum atomic E-state index is 11.9. The molecule has 0 spiro atoms. The van der Waals surface area contributed by atoms with Crippen molar-refractivity contribution in [2.24, 2.45) is 5.73 Å². The van der Waals surface area contributed by atoms with Crippen molar-refractivity contribution in [1.29, 1.82) is 0 Å². The van der Waals surface area contributed by atoms with E-state index < -0.39 is 5.54 Å². The molecule has 0 saturated carbocycles. The summed E-state index contributed by atoms with van der Waals surface area (Å²) in [5.41, 5.74) is 5.99. The third kappa shape index (κ3) is 7.82. The van der Waals surface area contributed by atoms with Crippen LogP contribution in [0, 0.1) is 0 Å². The van der Waals surface area contributed by atoms with Crippen molar-refractivity contribution < 1.29 is 4.79 Å². The highest BCUT2D eigenvalue weighted by Gasteiger charge is 2.14. The molecule has 1 heterocycles. The van der Waals surface area contributed by atoms with Crippen molar-refractivity contribution in [2.75, 3.05) is 24.5 Å². The molecule has 22 heavy (non-hydrogen) atoms. The van der Waals surface area contributed by atoms with Crippen LogP contribution in [0.2, 0.25) is 0 Å². The van der Waals surface area contributed by atoms with E-state index in [0.29, 0.717) is 12.1 Å². The number of halogens is 2. The Hall–Kier alpha value is -1.04. The molecule has 0 fully saturated rings. The number of rotatable bonds is 7. The van der Waals surface area contributed by atoms with Gasteiger partial charge in [-0.05, 0) is 39.3 Å². The van der Waals surface area contributed by atoms with Gasteiger partial charge in [-0.2, -0.15) is 0 Å². The van der Waals surface area contributed by atoms with E-state index in [2.05, 4.69) is 29.0 Å². The third-order valence-corrected chi connectivity index (χ3v) is 2.91. The fourth-order valence-electron chi connectivity index (χ4n) is 1.82. The monoisotopic (exact) mass is 350 g/mol. The number of hydrogen-bond donors (Lipinski definition) is 2. The summed E-state index contributed by atoms with van der Waals surface area (Å²) in [6.45, 7) is 10.3. The SMILES string of the molecule is CCCN(CC)c1ccc(C(=O)NCC(C)(C)N)cn1.Cl.Cl. The summed E-state index contributed by atoms with van der Waals surface area (Å²) in [7, 11) is 0. The molecule has 1 amide bonds. The normalized spacial score (nSPS) is 10.2. The van der Waals surface area contributed by atoms with Crippen LogP contribution in [0.25, 0.3) is 0 Å². The lowest BCUT2D eigenvalue weighted by Crippen LogP contribution is -2.45. The average Bonchev–Trinajstić information content (AvgIpc) is 2.41. The molecule has 3 N–H and O–H groups in total. The summed E-state index contributed by atoms with van der Waals surface area (Å²) in [5, 5.41) is 2.81. The first-order valence-corrected chi connectivity index (χ1v) is 7.15. The van der Waals surface area contributed by atoms with E-state index in [1.165, 1.54) is 0 Å². The fourth-order valence-corrected chi connectivity index (χ4v) is 1.82. The standard InChI is InChI=1S/C15H26N4O.2ClH/c1-5-9-19(6-2)13-8-7-12(10-17-13)14(20)18-11-15(3,4)16;;/h7-8,10H,5-6,9,11,16H2,1-4H3,(H,18,20);2*1H. The van der Waals surface area contributed by atoms with Crippen LogP contribution in [0.1, 0.15) is 44.5 Å². The minimum absolute atomic E-state index is 0. The minimum atomic E-state index is -0.414. The van der Waals surface area contributed by atoms with Gasteiger partial charge in [-0.25, -0.2) is 4.98 Å². The third-order valence-electron chi connectivity index (χ3n) is 2.91. The van der Waals surface area contributed by atoms with Gasteiger partial charge in [0.25, 0.3) is 5.91 Å². The highest BCUT2D eigenvalue weighted by Crippen LogP contribution is 2.11. The minimum Gasteiger partial charge on any atom is -0.357 e. The van der Waals surface area contributed by atoms with E-state index in [0.717, 1.165) is 25.3 Å². The Morgan fingerprint density at radius 1 is 1.32 bits per heavy atom. The molecule has 128 valence electrons. The predicted octanol–water partition coefficient (Wildman–Crippen LogP) is 2.63. The molecule has 0 aliphatic rings. The van der Waals surface area contributed by atoms with Crippen LogP contribution in [0.4, 0.5) is 5.82 Å². The van der Waals surface area contributed by atoms with Gasteiger partial charge < -0.3 is 16.0 Å². The van der Waals surface area contributed by atoms with Crippen LogP contribution in [-0.4, -0.2) is 36.1 Å². The number of pyridine rings is 1. The maximum absolute atomic E-state index is 11.9. The van der Waals surface area contributed by atoms with Crippen molar-refractivity contribution >= 4 is 36.5 Å². The van der Waals surface area contributed by atoms with Gasteiger partial charge in [0.15, 0.2) is 0 Å². The Morgan fingerprint density at radius 2 is 1.95 bits per heavy atom. The van der Waals surface area contributed by atoms with E-state index in [1.54, 1.807) is 12.3 Å². The Labute approximate surface area is 145 Å². The van der Waals surface area contributed by atoms with Crippen molar-refractivity contribution in [3.8, 4) is 0 Å². The molecular weight excluding hydrogens is 323 g/mol. The van der Waals surface area contributed by atoms with Crippen LogP contribution in [0.5, 0.6) is 0 Å². The quantitative estimate of drug-likeness (QED) is 0.792. The summed E-state index contributed by atoms with van der Waals surface area (Å²) in [6.07, 6.45) is 2.69. The summed E-state index contributed by atoms with van der Waals surface area (Å²) in [5.74, 6) is 0.770. The van der Waals surface area contributed by atoms with Crippen molar-refractivity contribution in [3.05, 3.63) is 23.9 Å². The van der Waals surface area contributed by atoms with Gasteiger partial charge in [-0.15, -0.1) is 24.8 Å². The molecule has 0 saturated heterocycles. The lowest BCUT2D eigenvalue weighted by molar-refractivity contribution is 0.0945. The van der Waals surface area contributed by atoms with Gasteiger partial charge in [-0.1, -0.05) is 6.92 Å². The molecule has 0 atom stereocenters. The van der Waals surface area contributed by atoms with E-state index in [-0.39, 0.29) is 30.7 Å². The van der Waals surface area contributed by atoms with E-state index in [4.69, 9.17) is 5.73 Å². The van der Waals surface area contributed by atoms with E-state index in [9.17, 15) is 4.79 Å². The lowest BCUT2D eigenvalue weighted by Gasteiger charge is -2.21. The molecule has 0 aromatic carbocycles. The first kappa shape index (κ1) is 23.2. The van der Waals surface area contributed by atoms with Crippen molar-refractivity contribution in [1.82, 2.24) is 10.3 Å². The lowest BCUT2D eigenvalue weighted by atomic mass is 10.1. The highest BCUT2D eigenvalue weighted by atomic mass is 35.5. The zero-order valence-electron chi connectivity index (χ0n) is 13.8. The molecule has 0 bridgehead atoms. The van der Waals surface area contributed by atoms with Gasteiger partial charge in [-0.3, -0.25) is 4.79 Å². The summed E-state index contributed by atoms with van der Waals surface area (Å²) in [6, 6.07) is 3.70. The number of aromatic nitrogens is 1. The number of amides is 1. The molecular formula is C15H28Cl2N4O. The maximum Gasteiger partial charge on any atom is 0.252 e. The molecule has 0 aliphatic heterocycles. The van der Waals surface area contributed by atoms with Gasteiger partial charge in [0.1, 0.15) is 5.82 Å². The smallest absolute Gasteiger partial charge is 0.252 e. The van der Waals surface area contributed by atoms with Crippen LogP contribution in [-0.2, 0) is 0 Å². The largest absolute Gasteiger partial charge is 0.357 e. The fraction of sp³-hybridized carbons (Fsp3) is 0.600. The molecule has 5 nitrogen and oxygen atoms in total. The Kier molecular flexibility index (Phi) is 11.2. The molecule has 1 aromatic rings. The second-order valence-corrected chi connectivity index (χ2v) is 5.66. The molecule has 1 aromatic heterocycles. The Bertz CT molecular complexity index is 432. The summed E-state index contributed by atoms with van der Waals surface area (Å²) < 4.78 is 0. The predicted molar refractivity (Wildman–Crippen MR) is 97.5 cm³/mol. The van der Waals surface area contributed by atoms with Crippen molar-refractivity contribution in [2.45, 2.75) is 39.7 Å². The Balaban J connectivity index is 0. The second-order valence-electron chi connectivity index (χ2n) is 5.66. The number of anilines is 1. The van der Waals surface area contributed by atoms with Gasteiger partial charge in [0, 0.05) is 31.4 Å². The van der Waals surface area contributed by atoms with Crippen LogP contribution < -0.4 is 16.0 Å². The molecule has 0 radical (unpaired) electrons. The first-order chi connectivity index (χ1) is 9.37. The van der Waals surface area contributed by atoms with Gasteiger partial charge >= 0.3 is 0 Å². The molecule has 0 aliphatic carbocycles. The number of nitrogens with two attached hydrogens (primary N) is 1. The zero-order chi connectivity index (χ0) is 15.2. The zero-order valence-corrected chi connectivity index (χ0v) is 15.4. The van der Waals surface area contributed by atoms with Crippen LogP contribution >= 0.6 is 24.8 Å². The summed E-state index contributed by atoms with van der Waals surface area (Å²) >= 11 is 0. The highest BCUT2D eigenvalue weighted by molar-refractivity contribution is 5.94. The van der Waals surface area contributed by atoms with Gasteiger partial charge in [0.2, 0.25) is 0 Å². The first-order valence-electron chi connectivity index (χ1n) is 7.15.